The molecule has 0 fully saturated rings. The molecule has 0 spiro atoms. The van der Waals surface area contributed by atoms with Crippen molar-refractivity contribution in [1.82, 2.24) is 9.97 Å². The third-order valence-corrected chi connectivity index (χ3v) is 2.67. The summed E-state index contributed by atoms with van der Waals surface area (Å²) in [6, 6.07) is 1.76. The van der Waals surface area contributed by atoms with Gasteiger partial charge in [-0.1, -0.05) is 11.6 Å². The van der Waals surface area contributed by atoms with Gasteiger partial charge in [0.1, 0.15) is 12.3 Å². The Hall–Kier alpha value is -1.59. The molecule has 0 bridgehead atoms. The molecule has 5 nitrogen and oxygen atoms in total. The predicted octanol–water partition coefficient (Wildman–Crippen LogP) is 2.02. The fraction of sp³-hybridized carbons (Fsp3) is 0.273. The maximum Gasteiger partial charge on any atom is 0.341 e. The van der Waals surface area contributed by atoms with E-state index in [-0.39, 0.29) is 12.2 Å². The molecule has 0 unspecified atom stereocenters. The number of esters is 1. The van der Waals surface area contributed by atoms with Crippen LogP contribution < -0.4 is 0 Å². The van der Waals surface area contributed by atoms with Gasteiger partial charge in [-0.3, -0.25) is 0 Å². The molecular weight excluding hydrogens is 244 g/mol. The highest BCUT2D eigenvalue weighted by molar-refractivity contribution is 6.38. The van der Waals surface area contributed by atoms with Crippen molar-refractivity contribution >= 4 is 28.6 Å². The summed E-state index contributed by atoms with van der Waals surface area (Å²) >= 11 is 6.10. The number of ether oxygens (including phenoxy) is 2. The van der Waals surface area contributed by atoms with Crippen molar-refractivity contribution in [3.63, 3.8) is 0 Å². The zero-order valence-electron chi connectivity index (χ0n) is 9.20. The summed E-state index contributed by atoms with van der Waals surface area (Å²) in [5.41, 5.74) is 0.901. The summed E-state index contributed by atoms with van der Waals surface area (Å²) in [6.07, 6.45) is 3.11. The zero-order chi connectivity index (χ0) is 12.3. The number of nitrogens with zero attached hydrogens (tertiary/aromatic N) is 1. The Morgan fingerprint density at radius 1 is 1.53 bits per heavy atom. The molecule has 0 aliphatic rings. The van der Waals surface area contributed by atoms with E-state index >= 15 is 0 Å². The van der Waals surface area contributed by atoms with E-state index in [2.05, 4.69) is 9.97 Å². The summed E-state index contributed by atoms with van der Waals surface area (Å²) in [5, 5.41) is 1.05. The maximum absolute atomic E-state index is 11.7. The van der Waals surface area contributed by atoms with Gasteiger partial charge in [-0.15, -0.1) is 0 Å². The lowest BCUT2D eigenvalue weighted by Crippen LogP contribution is -2.10. The number of fused-ring (bicyclic) bond motifs is 1. The van der Waals surface area contributed by atoms with Gasteiger partial charge >= 0.3 is 5.97 Å². The third-order valence-electron chi connectivity index (χ3n) is 2.26. The second-order valence-corrected chi connectivity index (χ2v) is 3.73. The zero-order valence-corrected chi connectivity index (χ0v) is 9.95. The van der Waals surface area contributed by atoms with Gasteiger partial charge < -0.3 is 14.5 Å². The number of hydrogen-bond acceptors (Lipinski definition) is 4. The fourth-order valence-corrected chi connectivity index (χ4v) is 1.69. The van der Waals surface area contributed by atoms with Gasteiger partial charge in [0.25, 0.3) is 0 Å². The Labute approximate surface area is 103 Å². The highest BCUT2D eigenvalue weighted by atomic mass is 35.5. The number of H-pyrrole nitrogens is 1. The Bertz CT molecular complexity index is 538. The molecule has 0 radical (unpaired) electrons. The van der Waals surface area contributed by atoms with E-state index < -0.39 is 5.97 Å². The van der Waals surface area contributed by atoms with Gasteiger partial charge in [0.15, 0.2) is 0 Å². The molecule has 2 aromatic rings. The minimum Gasteiger partial charge on any atom is -0.460 e. The van der Waals surface area contributed by atoms with Crippen LogP contribution in [-0.2, 0) is 9.47 Å². The van der Waals surface area contributed by atoms with Gasteiger partial charge in [0, 0.05) is 24.9 Å². The molecule has 6 heteroatoms. The third kappa shape index (κ3) is 2.40. The molecule has 0 saturated heterocycles. The summed E-state index contributed by atoms with van der Waals surface area (Å²) in [6.45, 7) is 0.542. The van der Waals surface area contributed by atoms with Gasteiger partial charge in [-0.2, -0.15) is 0 Å². The van der Waals surface area contributed by atoms with E-state index in [1.165, 1.54) is 13.3 Å². The number of rotatable bonds is 4. The van der Waals surface area contributed by atoms with Crippen molar-refractivity contribution in [2.24, 2.45) is 0 Å². The minimum absolute atomic E-state index is 0.191. The first-order chi connectivity index (χ1) is 8.24. The molecule has 17 heavy (non-hydrogen) atoms. The number of methoxy groups -OCH3 is 1. The number of carbonyl (C=O) groups excluding carboxylic acids is 1. The molecular formula is C11H11ClN2O3. The van der Waals surface area contributed by atoms with Crippen LogP contribution >= 0.6 is 11.6 Å². The topological polar surface area (TPSA) is 64.2 Å². The van der Waals surface area contributed by atoms with Crippen LogP contribution in [0.5, 0.6) is 0 Å². The molecule has 0 aromatic carbocycles. The molecule has 90 valence electrons. The largest absolute Gasteiger partial charge is 0.460 e. The van der Waals surface area contributed by atoms with Crippen molar-refractivity contribution in [3.8, 4) is 0 Å². The van der Waals surface area contributed by atoms with Crippen molar-refractivity contribution in [2.75, 3.05) is 20.3 Å². The molecule has 2 heterocycles. The van der Waals surface area contributed by atoms with Crippen molar-refractivity contribution in [1.29, 1.82) is 0 Å². The normalized spacial score (nSPS) is 10.7. The maximum atomic E-state index is 11.7. The summed E-state index contributed by atoms with van der Waals surface area (Å²) in [7, 11) is 1.54. The van der Waals surface area contributed by atoms with Gasteiger partial charge in [0.2, 0.25) is 0 Å². The first-order valence-electron chi connectivity index (χ1n) is 5.01. The molecule has 0 atom stereocenters. The van der Waals surface area contributed by atoms with E-state index in [0.717, 1.165) is 0 Å². The SMILES string of the molecule is COCCOC(=O)c1cnc2[nH]ccc2c1Cl. The second kappa shape index (κ2) is 5.16. The molecule has 2 rings (SSSR count). The van der Waals surface area contributed by atoms with E-state index in [9.17, 15) is 4.79 Å². The number of halogens is 1. The molecule has 0 aliphatic heterocycles. The first kappa shape index (κ1) is 11.9. The highest BCUT2D eigenvalue weighted by Crippen LogP contribution is 2.25. The molecule has 0 amide bonds. The quantitative estimate of drug-likeness (QED) is 0.670. The Morgan fingerprint density at radius 2 is 2.35 bits per heavy atom. The number of aromatic amines is 1. The van der Waals surface area contributed by atoms with Gasteiger partial charge in [0.05, 0.1) is 17.2 Å². The predicted molar refractivity (Wildman–Crippen MR) is 63.3 cm³/mol. The standard InChI is InChI=1S/C11H11ClN2O3/c1-16-4-5-17-11(15)8-6-14-10-7(9(8)12)2-3-13-10/h2-3,6H,4-5H2,1H3,(H,13,14). The van der Waals surface area contributed by atoms with Crippen LogP contribution in [0, 0.1) is 0 Å². The average molecular weight is 255 g/mol. The number of carbonyl (C=O) groups is 1. The molecule has 0 saturated carbocycles. The van der Waals surface area contributed by atoms with Crippen molar-refractivity contribution < 1.29 is 14.3 Å². The highest BCUT2D eigenvalue weighted by Gasteiger charge is 2.15. The molecule has 2 aromatic heterocycles. The average Bonchev–Trinajstić information content (AvgIpc) is 2.78. The van der Waals surface area contributed by atoms with E-state index in [0.29, 0.717) is 22.7 Å². The van der Waals surface area contributed by atoms with Gasteiger partial charge in [-0.25, -0.2) is 9.78 Å². The van der Waals surface area contributed by atoms with Crippen LogP contribution in [0.3, 0.4) is 0 Å². The number of pyridine rings is 1. The van der Waals surface area contributed by atoms with E-state index in [1.54, 1.807) is 12.3 Å². The van der Waals surface area contributed by atoms with Crippen LogP contribution in [0.2, 0.25) is 5.02 Å². The Balaban J connectivity index is 2.23. The lowest BCUT2D eigenvalue weighted by molar-refractivity contribution is 0.0388. The Kier molecular flexibility index (Phi) is 3.61. The monoisotopic (exact) mass is 254 g/mol. The van der Waals surface area contributed by atoms with Crippen LogP contribution in [-0.4, -0.2) is 36.3 Å². The van der Waals surface area contributed by atoms with Crippen LogP contribution in [0.4, 0.5) is 0 Å². The second-order valence-electron chi connectivity index (χ2n) is 3.35. The fourth-order valence-electron chi connectivity index (χ4n) is 1.41. The van der Waals surface area contributed by atoms with Crippen LogP contribution in [0.1, 0.15) is 10.4 Å². The summed E-state index contributed by atoms with van der Waals surface area (Å²) < 4.78 is 9.76. The van der Waals surface area contributed by atoms with E-state index in [1.807, 2.05) is 0 Å². The van der Waals surface area contributed by atoms with E-state index in [4.69, 9.17) is 21.1 Å². The Morgan fingerprint density at radius 3 is 3.12 bits per heavy atom. The first-order valence-corrected chi connectivity index (χ1v) is 5.39. The number of aromatic nitrogens is 2. The lowest BCUT2D eigenvalue weighted by atomic mass is 10.2. The summed E-state index contributed by atoms with van der Waals surface area (Å²) in [4.78, 5) is 18.7. The number of hydrogen-bond donors (Lipinski definition) is 1. The lowest BCUT2D eigenvalue weighted by Gasteiger charge is -2.05. The number of nitrogens with one attached hydrogen (secondary N) is 1. The molecule has 1 N–H and O–H groups in total. The van der Waals surface area contributed by atoms with Gasteiger partial charge in [-0.05, 0) is 6.07 Å². The van der Waals surface area contributed by atoms with Crippen LogP contribution in [0.25, 0.3) is 11.0 Å². The minimum atomic E-state index is -0.498. The van der Waals surface area contributed by atoms with Crippen molar-refractivity contribution in [3.05, 3.63) is 29.0 Å². The smallest absolute Gasteiger partial charge is 0.341 e. The van der Waals surface area contributed by atoms with Crippen LogP contribution in [0.15, 0.2) is 18.5 Å². The molecule has 0 aliphatic carbocycles. The summed E-state index contributed by atoms with van der Waals surface area (Å²) in [5.74, 6) is -0.498. The van der Waals surface area contributed by atoms with Crippen molar-refractivity contribution in [2.45, 2.75) is 0 Å².